The van der Waals surface area contributed by atoms with Crippen LogP contribution in [-0.2, 0) is 69.2 Å². The number of nitrogens with zero attached hydrogens (tertiary/aromatic N) is 3. The van der Waals surface area contributed by atoms with Crippen molar-refractivity contribution in [2.45, 2.75) is 168 Å². The summed E-state index contributed by atoms with van der Waals surface area (Å²) in [6.45, 7) is 9.00. The van der Waals surface area contributed by atoms with Gasteiger partial charge in [-0.25, -0.2) is 14.4 Å². The van der Waals surface area contributed by atoms with Gasteiger partial charge in [0.15, 0.2) is 5.78 Å². The number of amides is 4. The van der Waals surface area contributed by atoms with Crippen molar-refractivity contribution in [3.63, 3.8) is 0 Å². The number of ketones is 2. The van der Waals surface area contributed by atoms with Crippen molar-refractivity contribution in [1.82, 2.24) is 36.3 Å². The summed E-state index contributed by atoms with van der Waals surface area (Å²) in [4.78, 5) is 100. The maximum absolute atomic E-state index is 13.2. The number of aliphatic carboxylic acids is 1. The van der Waals surface area contributed by atoms with E-state index in [0.29, 0.717) is 93.6 Å². The highest BCUT2D eigenvalue weighted by atomic mass is 16.6. The molecule has 0 saturated heterocycles. The molecule has 3 atom stereocenters. The van der Waals surface area contributed by atoms with Crippen LogP contribution >= 0.6 is 0 Å². The highest BCUT2D eigenvalue weighted by Gasteiger charge is 2.26. The Morgan fingerprint density at radius 3 is 1.93 bits per heavy atom. The summed E-state index contributed by atoms with van der Waals surface area (Å²) in [5, 5.41) is 28.5. The fourth-order valence-corrected chi connectivity index (χ4v) is 7.37. The van der Waals surface area contributed by atoms with Gasteiger partial charge in [-0.15, -0.1) is 5.10 Å². The third-order valence-corrected chi connectivity index (χ3v) is 11.5. The zero-order valence-corrected chi connectivity index (χ0v) is 43.7. The monoisotopic (exact) mass is 1030 g/mol. The number of rotatable bonds is 36. The zero-order valence-electron chi connectivity index (χ0n) is 43.7. The number of esters is 2. The van der Waals surface area contributed by atoms with E-state index in [0.717, 1.165) is 18.4 Å². The molecule has 4 amide bonds. The van der Waals surface area contributed by atoms with Gasteiger partial charge in [-0.3, -0.25) is 28.7 Å². The third-order valence-electron chi connectivity index (χ3n) is 11.5. The Labute approximate surface area is 433 Å². The quantitative estimate of drug-likeness (QED) is 0.0226. The molecule has 1 radical (unpaired) electrons. The van der Waals surface area contributed by atoms with E-state index in [2.05, 4.69) is 31.6 Å². The molecule has 1 aromatic heterocycles. The normalized spacial score (nSPS) is 12.3. The molecule has 3 rings (SSSR count). The van der Waals surface area contributed by atoms with Crippen LogP contribution in [0.4, 0.5) is 9.59 Å². The van der Waals surface area contributed by atoms with E-state index < -0.39 is 53.6 Å². The number of aryl methyl sites for hydroxylation is 1. The van der Waals surface area contributed by atoms with Gasteiger partial charge in [0.2, 0.25) is 5.91 Å². The van der Waals surface area contributed by atoms with Gasteiger partial charge < -0.3 is 50.1 Å². The molecule has 2 aromatic carbocycles. The SMILES string of the molecule is COc1ccc(COC(=O)CCC(NC(=O)NC(CCCCNC(=O)CCCCCCC(=O)CC(CCCCn2cc(C[CH]NC(=O)OC(C)(C)C)nn2)C(=O)O)C(C)=O)C(=O)OCc2ccc(OC)cc2)cc1. The van der Waals surface area contributed by atoms with Gasteiger partial charge in [0.05, 0.1) is 38.4 Å². The van der Waals surface area contributed by atoms with Gasteiger partial charge >= 0.3 is 30.0 Å². The van der Waals surface area contributed by atoms with E-state index >= 15 is 0 Å². The van der Waals surface area contributed by atoms with Crippen molar-refractivity contribution in [3.8, 4) is 11.5 Å². The number of carboxylic acid groups (broad SMARTS) is 1. The van der Waals surface area contributed by atoms with E-state index in [1.807, 2.05) is 0 Å². The summed E-state index contributed by atoms with van der Waals surface area (Å²) in [6.07, 6.45) is 7.36. The molecule has 1 heterocycles. The smallest absolute Gasteiger partial charge is 0.407 e. The molecule has 0 fully saturated rings. The van der Waals surface area contributed by atoms with E-state index in [1.165, 1.54) is 20.6 Å². The number of carboxylic acids is 1. The van der Waals surface area contributed by atoms with Gasteiger partial charge in [-0.2, -0.15) is 0 Å². The van der Waals surface area contributed by atoms with Gasteiger partial charge in [-0.1, -0.05) is 48.7 Å². The minimum atomic E-state index is -1.24. The van der Waals surface area contributed by atoms with Crippen molar-refractivity contribution >= 4 is 47.5 Å². The molecule has 3 aromatic rings. The number of methoxy groups -OCH3 is 2. The molecule has 407 valence electrons. The average Bonchev–Trinajstić information content (AvgIpc) is 3.82. The van der Waals surface area contributed by atoms with E-state index in [4.69, 9.17) is 23.7 Å². The molecular weight excluding hydrogens is 959 g/mol. The van der Waals surface area contributed by atoms with Gasteiger partial charge in [0, 0.05) is 51.4 Å². The van der Waals surface area contributed by atoms with Crippen LogP contribution in [0.15, 0.2) is 54.7 Å². The third kappa shape index (κ3) is 26.6. The number of urea groups is 1. The van der Waals surface area contributed by atoms with Crippen LogP contribution in [0.25, 0.3) is 0 Å². The van der Waals surface area contributed by atoms with Gasteiger partial charge in [0.1, 0.15) is 42.1 Å². The van der Waals surface area contributed by atoms with Crippen molar-refractivity contribution in [2.24, 2.45) is 5.92 Å². The molecule has 21 heteroatoms. The largest absolute Gasteiger partial charge is 0.497 e. The summed E-state index contributed by atoms with van der Waals surface area (Å²) < 4.78 is 28.0. The average molecular weight is 1040 g/mol. The first-order valence-electron chi connectivity index (χ1n) is 25.2. The van der Waals surface area contributed by atoms with Crippen molar-refractivity contribution in [2.75, 3.05) is 20.8 Å². The van der Waals surface area contributed by atoms with Gasteiger partial charge in [-0.05, 0) is 114 Å². The Hall–Kier alpha value is -7.06. The number of nitrogens with one attached hydrogen (secondary N) is 4. The van der Waals surface area contributed by atoms with Crippen LogP contribution in [0, 0.1) is 12.5 Å². The molecule has 0 bridgehead atoms. The molecule has 3 unspecified atom stereocenters. The molecule has 21 nitrogen and oxygen atoms in total. The first-order valence-corrected chi connectivity index (χ1v) is 25.2. The second-order valence-electron chi connectivity index (χ2n) is 18.9. The first-order chi connectivity index (χ1) is 35.3. The molecule has 74 heavy (non-hydrogen) atoms. The highest BCUT2D eigenvalue weighted by Crippen LogP contribution is 2.18. The summed E-state index contributed by atoms with van der Waals surface area (Å²) >= 11 is 0. The number of carbonyl (C=O) groups is 8. The topological polar surface area (TPSA) is 282 Å². The van der Waals surface area contributed by atoms with Crippen LogP contribution in [0.5, 0.6) is 11.5 Å². The van der Waals surface area contributed by atoms with E-state index in [-0.39, 0.29) is 62.8 Å². The van der Waals surface area contributed by atoms with Crippen LogP contribution in [0.1, 0.15) is 141 Å². The molecular formula is C53H76N7O14. The second kappa shape index (κ2) is 33.6. The van der Waals surface area contributed by atoms with Crippen molar-refractivity contribution in [3.05, 3.63) is 78.1 Å². The number of alkyl carbamates (subject to hydrolysis) is 1. The molecule has 0 aliphatic carbocycles. The number of unbranched alkanes of at least 4 members (excludes halogenated alkanes) is 5. The van der Waals surface area contributed by atoms with Crippen LogP contribution in [0.3, 0.4) is 0 Å². The lowest BCUT2D eigenvalue weighted by Crippen LogP contribution is -2.51. The Bertz CT molecular complexity index is 2230. The Morgan fingerprint density at radius 2 is 1.32 bits per heavy atom. The summed E-state index contributed by atoms with van der Waals surface area (Å²) in [7, 11) is 3.08. The molecule has 0 saturated carbocycles. The standard InChI is InChI=1S/C53H76N7O14/c1-37(61)45(56-51(68)57-46(50(67)73-36-39-21-25-44(71-6)26-22-39)27-28-48(64)72-35-38-19-23-43(70-5)24-20-38)17-11-13-30-54-47(63)18-10-8-7-9-16-42(62)33-40(49(65)66)15-12-14-32-60-34-41(58-59-60)29-31-55-52(69)74-53(2,3)4/h19-26,31,34,40,45-46H,7-18,27-30,32-33,35-36H2,1-6H3,(H,54,63)(H,55,69)(H,65,66)(H2,56,57,68). The van der Waals surface area contributed by atoms with E-state index in [9.17, 15) is 43.5 Å². The predicted octanol–water partition coefficient (Wildman–Crippen LogP) is 6.87. The lowest BCUT2D eigenvalue weighted by atomic mass is 9.94. The fourth-order valence-electron chi connectivity index (χ4n) is 7.37. The maximum Gasteiger partial charge on any atom is 0.407 e. The zero-order chi connectivity index (χ0) is 54.3. The predicted molar refractivity (Wildman–Crippen MR) is 271 cm³/mol. The molecule has 5 N–H and O–H groups in total. The number of hydrogen-bond acceptors (Lipinski definition) is 15. The van der Waals surface area contributed by atoms with Crippen molar-refractivity contribution < 1.29 is 67.1 Å². The minimum Gasteiger partial charge on any atom is -0.497 e. The molecule has 0 aliphatic rings. The Balaban J connectivity index is 1.29. The lowest BCUT2D eigenvalue weighted by molar-refractivity contribution is -0.149. The summed E-state index contributed by atoms with van der Waals surface area (Å²) in [5.41, 5.74) is 1.45. The fraction of sp³-hybridized carbons (Fsp3) is 0.566. The number of hydrogen-bond donors (Lipinski definition) is 5. The van der Waals surface area contributed by atoms with Crippen molar-refractivity contribution in [1.29, 1.82) is 0 Å². The highest BCUT2D eigenvalue weighted by molar-refractivity contribution is 5.89. The number of ether oxygens (including phenoxy) is 5. The minimum absolute atomic E-state index is 0.000477. The summed E-state index contributed by atoms with van der Waals surface area (Å²) in [5.74, 6) is -2.40. The van der Waals surface area contributed by atoms with E-state index in [1.54, 1.807) is 87.3 Å². The number of aromatic nitrogens is 3. The number of carbonyl (C=O) groups excluding carboxylic acids is 7. The summed E-state index contributed by atoms with van der Waals surface area (Å²) in [6, 6.07) is 10.9. The van der Waals surface area contributed by atoms with Gasteiger partial charge in [0.25, 0.3) is 0 Å². The Morgan fingerprint density at radius 1 is 0.716 bits per heavy atom. The number of benzene rings is 2. The maximum atomic E-state index is 13.2. The number of Topliss-reactive ketones (excluding diaryl/α,β-unsaturated/α-hetero) is 2. The second-order valence-corrected chi connectivity index (χ2v) is 18.9. The molecule has 0 spiro atoms. The first kappa shape index (κ1) is 61.2. The Kier molecular flexibility index (Phi) is 27.8. The van der Waals surface area contributed by atoms with Crippen LogP contribution in [0.2, 0.25) is 0 Å². The van der Waals surface area contributed by atoms with Crippen LogP contribution < -0.4 is 30.7 Å². The molecule has 0 aliphatic heterocycles. The lowest BCUT2D eigenvalue weighted by Gasteiger charge is -2.21. The van der Waals surface area contributed by atoms with Crippen LogP contribution in [-0.4, -0.2) is 106 Å².